The van der Waals surface area contributed by atoms with Gasteiger partial charge in [-0.3, -0.25) is 4.79 Å². The van der Waals surface area contributed by atoms with E-state index in [0.29, 0.717) is 17.5 Å². The van der Waals surface area contributed by atoms with Crippen LogP contribution in [0.4, 0.5) is 0 Å². The van der Waals surface area contributed by atoms with Crippen LogP contribution in [-0.4, -0.2) is 21.2 Å². The predicted octanol–water partition coefficient (Wildman–Crippen LogP) is 4.83. The molecule has 2 aromatic carbocycles. The van der Waals surface area contributed by atoms with Gasteiger partial charge in [0.05, 0.1) is 0 Å². The van der Waals surface area contributed by atoms with E-state index < -0.39 is 6.04 Å². The molecule has 0 fully saturated rings. The summed E-state index contributed by atoms with van der Waals surface area (Å²) in [5.41, 5.74) is 3.04. The van der Waals surface area contributed by atoms with Crippen LogP contribution in [0.1, 0.15) is 41.8 Å². The van der Waals surface area contributed by atoms with Crippen molar-refractivity contribution in [3.05, 3.63) is 77.8 Å². The van der Waals surface area contributed by atoms with E-state index in [2.05, 4.69) is 20.6 Å². The molecule has 30 heavy (non-hydrogen) atoms. The van der Waals surface area contributed by atoms with E-state index in [1.165, 1.54) is 0 Å². The zero-order valence-electron chi connectivity index (χ0n) is 17.0. The van der Waals surface area contributed by atoms with E-state index in [0.717, 1.165) is 16.7 Å². The van der Waals surface area contributed by atoms with Crippen molar-refractivity contribution < 1.29 is 13.8 Å². The Bertz CT molecular complexity index is 1130. The third-order valence-corrected chi connectivity index (χ3v) is 4.77. The van der Waals surface area contributed by atoms with E-state index in [4.69, 9.17) is 9.05 Å². The van der Waals surface area contributed by atoms with E-state index in [1.807, 2.05) is 75.4 Å². The summed E-state index contributed by atoms with van der Waals surface area (Å²) < 4.78 is 10.8. The van der Waals surface area contributed by atoms with Gasteiger partial charge in [0, 0.05) is 17.2 Å². The Morgan fingerprint density at radius 3 is 2.37 bits per heavy atom. The first-order valence-corrected chi connectivity index (χ1v) is 9.75. The topological polar surface area (TPSA) is 94.1 Å². The van der Waals surface area contributed by atoms with Gasteiger partial charge in [0.15, 0.2) is 11.5 Å². The van der Waals surface area contributed by atoms with Gasteiger partial charge in [-0.25, -0.2) is 0 Å². The van der Waals surface area contributed by atoms with Crippen molar-refractivity contribution in [1.29, 1.82) is 0 Å². The molecule has 0 saturated carbocycles. The SMILES string of the molecule is Cc1ccc(-c2cc(C(=O)N[C@@H](c3nc(-c4ccccc4)no3)C(C)C)no2)cc1. The molecular formula is C23H22N4O3. The minimum Gasteiger partial charge on any atom is -0.355 e. The van der Waals surface area contributed by atoms with Crippen molar-refractivity contribution in [2.24, 2.45) is 5.92 Å². The average Bonchev–Trinajstić information content (AvgIpc) is 3.43. The summed E-state index contributed by atoms with van der Waals surface area (Å²) in [4.78, 5) is 17.3. The predicted molar refractivity (Wildman–Crippen MR) is 111 cm³/mol. The highest BCUT2D eigenvalue weighted by atomic mass is 16.5. The smallest absolute Gasteiger partial charge is 0.274 e. The Morgan fingerprint density at radius 1 is 0.933 bits per heavy atom. The van der Waals surface area contributed by atoms with Gasteiger partial charge in [-0.1, -0.05) is 84.3 Å². The second-order valence-electron chi connectivity index (χ2n) is 7.46. The zero-order valence-corrected chi connectivity index (χ0v) is 17.0. The second kappa shape index (κ2) is 8.32. The molecule has 1 amide bonds. The maximum atomic E-state index is 12.8. The molecule has 2 aromatic heterocycles. The number of nitrogens with zero attached hydrogens (tertiary/aromatic N) is 3. The van der Waals surface area contributed by atoms with Crippen LogP contribution >= 0.6 is 0 Å². The fourth-order valence-electron chi connectivity index (χ4n) is 3.03. The van der Waals surface area contributed by atoms with Crippen LogP contribution < -0.4 is 5.32 Å². The first kappa shape index (κ1) is 19.6. The molecule has 4 rings (SSSR count). The molecular weight excluding hydrogens is 380 g/mol. The number of aryl methyl sites for hydroxylation is 1. The molecule has 1 atom stereocenters. The van der Waals surface area contributed by atoms with Crippen molar-refractivity contribution in [2.45, 2.75) is 26.8 Å². The minimum atomic E-state index is -0.456. The minimum absolute atomic E-state index is 0.0292. The quantitative estimate of drug-likeness (QED) is 0.497. The second-order valence-corrected chi connectivity index (χ2v) is 7.46. The maximum absolute atomic E-state index is 12.8. The van der Waals surface area contributed by atoms with Crippen LogP contribution in [0.25, 0.3) is 22.7 Å². The van der Waals surface area contributed by atoms with Crippen molar-refractivity contribution in [3.63, 3.8) is 0 Å². The monoisotopic (exact) mass is 402 g/mol. The van der Waals surface area contributed by atoms with E-state index in [9.17, 15) is 4.79 Å². The van der Waals surface area contributed by atoms with Crippen LogP contribution in [0.15, 0.2) is 69.7 Å². The lowest BCUT2D eigenvalue weighted by molar-refractivity contribution is 0.0904. The number of hydrogen-bond donors (Lipinski definition) is 1. The molecule has 7 nitrogen and oxygen atoms in total. The van der Waals surface area contributed by atoms with Gasteiger partial charge in [-0.05, 0) is 12.8 Å². The third-order valence-electron chi connectivity index (χ3n) is 4.77. The average molecular weight is 402 g/mol. The highest BCUT2D eigenvalue weighted by Gasteiger charge is 2.26. The molecule has 152 valence electrons. The number of benzene rings is 2. The van der Waals surface area contributed by atoms with Crippen LogP contribution in [0.5, 0.6) is 0 Å². The first-order valence-electron chi connectivity index (χ1n) is 9.75. The lowest BCUT2D eigenvalue weighted by atomic mass is 10.0. The fraction of sp³-hybridized carbons (Fsp3) is 0.217. The van der Waals surface area contributed by atoms with Gasteiger partial charge >= 0.3 is 0 Å². The Balaban J connectivity index is 1.52. The number of aromatic nitrogens is 3. The van der Waals surface area contributed by atoms with E-state index >= 15 is 0 Å². The Kier molecular flexibility index (Phi) is 5.43. The summed E-state index contributed by atoms with van der Waals surface area (Å²) >= 11 is 0. The summed E-state index contributed by atoms with van der Waals surface area (Å²) in [7, 11) is 0. The molecule has 0 saturated heterocycles. The van der Waals surface area contributed by atoms with E-state index in [1.54, 1.807) is 6.07 Å². The maximum Gasteiger partial charge on any atom is 0.274 e. The normalized spacial score (nSPS) is 12.1. The number of hydrogen-bond acceptors (Lipinski definition) is 6. The highest BCUT2D eigenvalue weighted by molar-refractivity contribution is 5.93. The van der Waals surface area contributed by atoms with Crippen LogP contribution in [-0.2, 0) is 0 Å². The molecule has 0 aliphatic heterocycles. The van der Waals surface area contributed by atoms with Gasteiger partial charge in [0.1, 0.15) is 6.04 Å². The highest BCUT2D eigenvalue weighted by Crippen LogP contribution is 2.25. The standard InChI is InChI=1S/C23H22N4O3/c1-14(2)20(23-25-21(27-30-23)17-7-5-4-6-8-17)24-22(28)18-13-19(29-26-18)16-11-9-15(3)10-12-16/h4-14,20H,1-3H3,(H,24,28)/t20-/m1/s1. The van der Waals surface area contributed by atoms with E-state index in [-0.39, 0.29) is 17.5 Å². The summed E-state index contributed by atoms with van der Waals surface area (Å²) in [6, 6.07) is 18.5. The molecule has 1 N–H and O–H groups in total. The number of carbonyl (C=O) groups is 1. The van der Waals surface area contributed by atoms with Gasteiger partial charge < -0.3 is 14.4 Å². The number of rotatable bonds is 6. The van der Waals surface area contributed by atoms with Crippen molar-refractivity contribution >= 4 is 5.91 Å². The lowest BCUT2D eigenvalue weighted by Crippen LogP contribution is -2.32. The lowest BCUT2D eigenvalue weighted by Gasteiger charge is -2.17. The van der Waals surface area contributed by atoms with Gasteiger partial charge in [-0.15, -0.1) is 0 Å². The molecule has 7 heteroatoms. The summed E-state index contributed by atoms with van der Waals surface area (Å²) in [5, 5.41) is 10.9. The zero-order chi connectivity index (χ0) is 21.1. The first-order chi connectivity index (χ1) is 14.5. The molecule has 0 spiro atoms. The molecule has 0 aliphatic carbocycles. The Labute approximate surface area is 174 Å². The molecule has 4 aromatic rings. The third kappa shape index (κ3) is 4.15. The molecule has 0 aliphatic rings. The summed E-state index contributed by atoms with van der Waals surface area (Å²) in [6.45, 7) is 5.95. The molecule has 2 heterocycles. The van der Waals surface area contributed by atoms with Crippen LogP contribution in [0, 0.1) is 12.8 Å². The molecule has 0 bridgehead atoms. The van der Waals surface area contributed by atoms with Crippen molar-refractivity contribution in [2.75, 3.05) is 0 Å². The van der Waals surface area contributed by atoms with Gasteiger partial charge in [0.25, 0.3) is 5.91 Å². The Hall–Kier alpha value is -3.74. The number of nitrogens with one attached hydrogen (secondary N) is 1. The van der Waals surface area contributed by atoms with Gasteiger partial charge in [-0.2, -0.15) is 4.98 Å². The van der Waals surface area contributed by atoms with Crippen molar-refractivity contribution in [1.82, 2.24) is 20.6 Å². The van der Waals surface area contributed by atoms with Crippen molar-refractivity contribution in [3.8, 4) is 22.7 Å². The molecule has 0 unspecified atom stereocenters. The fourth-order valence-corrected chi connectivity index (χ4v) is 3.03. The largest absolute Gasteiger partial charge is 0.355 e. The summed E-state index contributed by atoms with van der Waals surface area (Å²) in [6.07, 6.45) is 0. The van der Waals surface area contributed by atoms with Gasteiger partial charge in [0.2, 0.25) is 11.7 Å². The number of carbonyl (C=O) groups excluding carboxylic acids is 1. The Morgan fingerprint density at radius 2 is 1.67 bits per heavy atom. The number of amides is 1. The summed E-state index contributed by atoms with van der Waals surface area (Å²) in [5.74, 6) is 1.02. The van der Waals surface area contributed by atoms with Crippen LogP contribution in [0.2, 0.25) is 0 Å². The van der Waals surface area contributed by atoms with Crippen LogP contribution in [0.3, 0.4) is 0 Å². The molecule has 0 radical (unpaired) electrons.